The fourth-order valence-corrected chi connectivity index (χ4v) is 2.09. The Morgan fingerprint density at radius 1 is 1.33 bits per heavy atom. The summed E-state index contributed by atoms with van der Waals surface area (Å²) < 4.78 is 0. The molecular weight excluding hydrogens is 264 g/mol. The minimum absolute atomic E-state index is 0.135. The van der Waals surface area contributed by atoms with Crippen LogP contribution in [0.5, 0.6) is 0 Å². The van der Waals surface area contributed by atoms with E-state index in [-0.39, 0.29) is 17.6 Å². The number of aryl methyl sites for hydroxylation is 1. The summed E-state index contributed by atoms with van der Waals surface area (Å²) in [6, 6.07) is 8.09. The highest BCUT2D eigenvalue weighted by atomic mass is 16.2. The van der Waals surface area contributed by atoms with Crippen molar-refractivity contribution in [1.29, 1.82) is 0 Å². The van der Waals surface area contributed by atoms with Gasteiger partial charge < -0.3 is 4.90 Å². The summed E-state index contributed by atoms with van der Waals surface area (Å²) >= 11 is 0. The van der Waals surface area contributed by atoms with Gasteiger partial charge in [-0.15, -0.1) is 5.10 Å². The zero-order valence-corrected chi connectivity index (χ0v) is 13.1. The maximum atomic E-state index is 12.5. The van der Waals surface area contributed by atoms with Crippen molar-refractivity contribution < 1.29 is 4.79 Å². The van der Waals surface area contributed by atoms with Gasteiger partial charge in [0.1, 0.15) is 5.82 Å². The molecule has 0 atom stereocenters. The Labute approximate surface area is 125 Å². The lowest BCUT2D eigenvalue weighted by molar-refractivity contribution is 0.0740. The van der Waals surface area contributed by atoms with E-state index in [0.717, 1.165) is 11.4 Å². The molecule has 1 N–H and O–H groups in total. The quantitative estimate of drug-likeness (QED) is 0.919. The van der Waals surface area contributed by atoms with E-state index < -0.39 is 0 Å². The molecule has 1 heterocycles. The van der Waals surface area contributed by atoms with Gasteiger partial charge >= 0.3 is 0 Å². The van der Waals surface area contributed by atoms with Gasteiger partial charge in [-0.3, -0.25) is 9.89 Å². The fraction of sp³-hybridized carbons (Fsp3) is 0.438. The van der Waals surface area contributed by atoms with Crippen molar-refractivity contribution >= 4 is 5.91 Å². The Kier molecular flexibility index (Phi) is 4.73. The fourth-order valence-electron chi connectivity index (χ4n) is 2.09. The average molecular weight is 286 g/mol. The first-order valence-corrected chi connectivity index (χ1v) is 7.29. The second-order valence-corrected chi connectivity index (χ2v) is 5.44. The minimum Gasteiger partial charge on any atom is -0.332 e. The van der Waals surface area contributed by atoms with Crippen LogP contribution in [0.2, 0.25) is 0 Å². The molecule has 2 aromatic rings. The van der Waals surface area contributed by atoms with E-state index in [9.17, 15) is 4.79 Å². The molecule has 0 fully saturated rings. The predicted octanol–water partition coefficient (Wildman–Crippen LogP) is 2.90. The molecule has 2 rings (SSSR count). The van der Waals surface area contributed by atoms with Gasteiger partial charge in [0.2, 0.25) is 5.82 Å². The van der Waals surface area contributed by atoms with E-state index >= 15 is 0 Å². The van der Waals surface area contributed by atoms with E-state index in [4.69, 9.17) is 0 Å². The summed E-state index contributed by atoms with van der Waals surface area (Å²) in [5.74, 6) is 1.08. The summed E-state index contributed by atoms with van der Waals surface area (Å²) in [5, 5.41) is 6.87. The van der Waals surface area contributed by atoms with Crippen LogP contribution in [0.4, 0.5) is 0 Å². The van der Waals surface area contributed by atoms with Gasteiger partial charge in [-0.05, 0) is 25.0 Å². The SMILES string of the molecule is CCN(Cc1ccccc1C)C(=O)c1n[nH]c(C(C)C)n1. The number of nitrogens with zero attached hydrogens (tertiary/aromatic N) is 3. The number of amides is 1. The third-order valence-electron chi connectivity index (χ3n) is 3.53. The average Bonchev–Trinajstić information content (AvgIpc) is 2.96. The molecule has 0 bridgehead atoms. The van der Waals surface area contributed by atoms with Gasteiger partial charge in [-0.2, -0.15) is 0 Å². The summed E-state index contributed by atoms with van der Waals surface area (Å²) in [6.07, 6.45) is 0. The van der Waals surface area contributed by atoms with Crippen LogP contribution in [0.25, 0.3) is 0 Å². The zero-order valence-electron chi connectivity index (χ0n) is 13.1. The van der Waals surface area contributed by atoms with Crippen molar-refractivity contribution in [3.63, 3.8) is 0 Å². The van der Waals surface area contributed by atoms with E-state index in [0.29, 0.717) is 13.1 Å². The highest BCUT2D eigenvalue weighted by Gasteiger charge is 2.20. The van der Waals surface area contributed by atoms with Crippen molar-refractivity contribution in [2.45, 2.75) is 40.2 Å². The maximum Gasteiger partial charge on any atom is 0.293 e. The molecule has 0 saturated carbocycles. The molecule has 5 nitrogen and oxygen atoms in total. The van der Waals surface area contributed by atoms with Crippen molar-refractivity contribution in [2.75, 3.05) is 6.54 Å². The predicted molar refractivity (Wildman–Crippen MR) is 82.1 cm³/mol. The molecule has 0 unspecified atom stereocenters. The molecule has 1 amide bonds. The molecule has 5 heteroatoms. The number of hydrogen-bond donors (Lipinski definition) is 1. The molecule has 0 radical (unpaired) electrons. The third kappa shape index (κ3) is 3.48. The molecule has 0 spiro atoms. The number of carbonyl (C=O) groups is 1. The monoisotopic (exact) mass is 286 g/mol. The van der Waals surface area contributed by atoms with Crippen LogP contribution in [0.1, 0.15) is 54.3 Å². The lowest BCUT2D eigenvalue weighted by Gasteiger charge is -2.20. The normalized spacial score (nSPS) is 10.9. The molecule has 0 aliphatic heterocycles. The first kappa shape index (κ1) is 15.2. The largest absolute Gasteiger partial charge is 0.332 e. The second kappa shape index (κ2) is 6.52. The van der Waals surface area contributed by atoms with E-state index in [2.05, 4.69) is 28.2 Å². The summed E-state index contributed by atoms with van der Waals surface area (Å²) in [4.78, 5) is 18.6. The summed E-state index contributed by atoms with van der Waals surface area (Å²) in [5.41, 5.74) is 2.33. The van der Waals surface area contributed by atoms with Gasteiger partial charge in [0.05, 0.1) is 0 Å². The second-order valence-electron chi connectivity index (χ2n) is 5.44. The lowest BCUT2D eigenvalue weighted by atomic mass is 10.1. The van der Waals surface area contributed by atoms with E-state index in [1.807, 2.05) is 39.0 Å². The van der Waals surface area contributed by atoms with Gasteiger partial charge in [0.15, 0.2) is 0 Å². The number of benzene rings is 1. The molecule has 0 aliphatic rings. The Hall–Kier alpha value is -2.17. The van der Waals surface area contributed by atoms with Crippen molar-refractivity contribution in [2.24, 2.45) is 0 Å². The number of aromatic amines is 1. The Balaban J connectivity index is 2.16. The van der Waals surface area contributed by atoms with Gasteiger partial charge in [-0.1, -0.05) is 38.1 Å². The van der Waals surface area contributed by atoms with Crippen molar-refractivity contribution in [3.8, 4) is 0 Å². The topological polar surface area (TPSA) is 61.9 Å². The highest BCUT2D eigenvalue weighted by molar-refractivity contribution is 5.90. The van der Waals surface area contributed by atoms with Gasteiger partial charge in [-0.25, -0.2) is 4.98 Å². The van der Waals surface area contributed by atoms with Crippen LogP contribution in [-0.4, -0.2) is 32.5 Å². The molecule has 112 valence electrons. The van der Waals surface area contributed by atoms with Crippen LogP contribution in [0, 0.1) is 6.92 Å². The van der Waals surface area contributed by atoms with E-state index in [1.54, 1.807) is 4.90 Å². The number of carbonyl (C=O) groups excluding carboxylic acids is 1. The van der Waals surface area contributed by atoms with Crippen LogP contribution in [0.3, 0.4) is 0 Å². The number of H-pyrrole nitrogens is 1. The number of nitrogens with one attached hydrogen (secondary N) is 1. The van der Waals surface area contributed by atoms with Crippen LogP contribution in [0.15, 0.2) is 24.3 Å². The Morgan fingerprint density at radius 3 is 2.62 bits per heavy atom. The standard InChI is InChI=1S/C16H22N4O/c1-5-20(10-13-9-7-6-8-12(13)4)16(21)15-17-14(11(2)3)18-19-15/h6-9,11H,5,10H2,1-4H3,(H,17,18,19). The van der Waals surface area contributed by atoms with Gasteiger partial charge in [0, 0.05) is 19.0 Å². The van der Waals surface area contributed by atoms with Crippen LogP contribution >= 0.6 is 0 Å². The molecule has 1 aromatic heterocycles. The molecular formula is C16H22N4O. The first-order valence-electron chi connectivity index (χ1n) is 7.29. The highest BCUT2D eigenvalue weighted by Crippen LogP contribution is 2.13. The Bertz CT molecular complexity index is 618. The lowest BCUT2D eigenvalue weighted by Crippen LogP contribution is -2.31. The first-order chi connectivity index (χ1) is 10.0. The van der Waals surface area contributed by atoms with Crippen LogP contribution in [-0.2, 0) is 6.54 Å². The number of hydrogen-bond acceptors (Lipinski definition) is 3. The summed E-state index contributed by atoms with van der Waals surface area (Å²) in [6.45, 7) is 9.25. The molecule has 1 aromatic carbocycles. The van der Waals surface area contributed by atoms with Crippen molar-refractivity contribution in [3.05, 3.63) is 47.0 Å². The zero-order chi connectivity index (χ0) is 15.4. The maximum absolute atomic E-state index is 12.5. The van der Waals surface area contributed by atoms with Gasteiger partial charge in [0.25, 0.3) is 5.91 Å². The smallest absolute Gasteiger partial charge is 0.293 e. The molecule has 0 saturated heterocycles. The van der Waals surface area contributed by atoms with Crippen molar-refractivity contribution in [1.82, 2.24) is 20.1 Å². The molecule has 21 heavy (non-hydrogen) atoms. The number of aromatic nitrogens is 3. The molecule has 0 aliphatic carbocycles. The Morgan fingerprint density at radius 2 is 2.05 bits per heavy atom. The summed E-state index contributed by atoms with van der Waals surface area (Å²) in [7, 11) is 0. The number of rotatable bonds is 5. The minimum atomic E-state index is -0.135. The van der Waals surface area contributed by atoms with Crippen LogP contribution < -0.4 is 0 Å². The third-order valence-corrected chi connectivity index (χ3v) is 3.53. The van der Waals surface area contributed by atoms with E-state index in [1.165, 1.54) is 5.56 Å².